The Kier molecular flexibility index (Phi) is 10.4. The first-order valence-electron chi connectivity index (χ1n) is 16.9. The minimum Gasteiger partial charge on any atom is -0.492 e. The highest BCUT2D eigenvalue weighted by molar-refractivity contribution is 5.92. The number of hydrogen-bond donors (Lipinski definition) is 3. The van der Waals surface area contributed by atoms with Crippen LogP contribution in [0.1, 0.15) is 26.3 Å². The zero-order valence-corrected chi connectivity index (χ0v) is 28.0. The zero-order chi connectivity index (χ0) is 32.8. The minimum absolute atomic E-state index is 0.0108. The molecule has 0 spiro atoms. The Morgan fingerprint density at radius 1 is 0.851 bits per heavy atom. The third-order valence-corrected chi connectivity index (χ3v) is 9.29. The maximum absolute atomic E-state index is 12.5. The highest BCUT2D eigenvalue weighted by atomic mass is 16.5. The quantitative estimate of drug-likeness (QED) is 0.224. The lowest BCUT2D eigenvalue weighted by molar-refractivity contribution is -0.117. The van der Waals surface area contributed by atoms with Crippen LogP contribution in [0.15, 0.2) is 66.7 Å². The van der Waals surface area contributed by atoms with Crippen molar-refractivity contribution in [3.8, 4) is 17.1 Å². The number of β-amino-alcohol motifs (C(OH)–C–C–N with tert-alkyl or cyclic N) is 1. The summed E-state index contributed by atoms with van der Waals surface area (Å²) >= 11 is 0. The molecule has 6 rings (SSSR count). The molecule has 10 nitrogen and oxygen atoms in total. The van der Waals surface area contributed by atoms with E-state index < -0.39 is 0 Å². The van der Waals surface area contributed by atoms with Crippen LogP contribution in [0.25, 0.3) is 22.4 Å². The van der Waals surface area contributed by atoms with Crippen molar-refractivity contribution in [1.82, 2.24) is 24.7 Å². The number of carbonyl (C=O) groups is 1. The molecule has 0 saturated carbocycles. The van der Waals surface area contributed by atoms with E-state index in [9.17, 15) is 4.79 Å². The lowest BCUT2D eigenvalue weighted by Gasteiger charge is -2.36. The van der Waals surface area contributed by atoms with Gasteiger partial charge in [-0.2, -0.15) is 0 Å². The molecule has 250 valence electrons. The number of aromatic amines is 1. The number of carbonyl (C=O) groups excluding carboxylic acids is 1. The number of rotatable bonds is 11. The average molecular weight is 640 g/mol. The number of aliphatic hydroxyl groups is 1. The van der Waals surface area contributed by atoms with Crippen LogP contribution < -0.4 is 15.0 Å². The first kappa shape index (κ1) is 33.0. The topological polar surface area (TPSA) is 100 Å². The predicted octanol–water partition coefficient (Wildman–Crippen LogP) is 4.28. The summed E-state index contributed by atoms with van der Waals surface area (Å²) < 4.78 is 6.05. The van der Waals surface area contributed by atoms with Crippen molar-refractivity contribution in [3.63, 3.8) is 0 Å². The molecule has 3 heterocycles. The molecule has 0 bridgehead atoms. The van der Waals surface area contributed by atoms with E-state index >= 15 is 0 Å². The molecule has 0 radical (unpaired) electrons. The van der Waals surface area contributed by atoms with Gasteiger partial charge in [0.05, 0.1) is 24.4 Å². The molecule has 3 N–H and O–H groups in total. The molecule has 1 aromatic heterocycles. The molecule has 4 aromatic rings. The largest absolute Gasteiger partial charge is 0.492 e. The van der Waals surface area contributed by atoms with Crippen LogP contribution in [-0.4, -0.2) is 121 Å². The van der Waals surface area contributed by atoms with Gasteiger partial charge in [-0.1, -0.05) is 51.1 Å². The molecule has 47 heavy (non-hydrogen) atoms. The van der Waals surface area contributed by atoms with E-state index in [1.807, 2.05) is 24.3 Å². The van der Waals surface area contributed by atoms with Crippen molar-refractivity contribution < 1.29 is 14.6 Å². The summed E-state index contributed by atoms with van der Waals surface area (Å²) in [6.07, 6.45) is 0. The number of para-hydroxylation sites is 1. The third kappa shape index (κ3) is 8.50. The van der Waals surface area contributed by atoms with Crippen molar-refractivity contribution in [1.29, 1.82) is 0 Å². The van der Waals surface area contributed by atoms with Gasteiger partial charge in [-0.05, 0) is 47.4 Å². The molecule has 2 aliphatic rings. The van der Waals surface area contributed by atoms with E-state index in [4.69, 9.17) is 14.8 Å². The average Bonchev–Trinajstić information content (AvgIpc) is 3.52. The maximum atomic E-state index is 12.5. The second-order valence-corrected chi connectivity index (χ2v) is 13.7. The second kappa shape index (κ2) is 14.9. The Balaban J connectivity index is 0.940. The number of fused-ring (bicyclic) bond motifs is 1. The summed E-state index contributed by atoms with van der Waals surface area (Å²) in [5, 5.41) is 12.1. The summed E-state index contributed by atoms with van der Waals surface area (Å²) in [6, 6.07) is 22.8. The number of nitrogens with zero attached hydrogens (tertiary/aromatic N) is 5. The summed E-state index contributed by atoms with van der Waals surface area (Å²) in [6.45, 7) is 16.7. The number of H-pyrrole nitrogens is 1. The highest BCUT2D eigenvalue weighted by Gasteiger charge is 2.21. The van der Waals surface area contributed by atoms with Crippen molar-refractivity contribution >= 4 is 28.3 Å². The van der Waals surface area contributed by atoms with Gasteiger partial charge in [0.25, 0.3) is 0 Å². The van der Waals surface area contributed by atoms with Gasteiger partial charge in [-0.25, -0.2) is 4.98 Å². The van der Waals surface area contributed by atoms with Crippen LogP contribution in [-0.2, 0) is 10.2 Å². The van der Waals surface area contributed by atoms with Crippen LogP contribution in [0.4, 0.5) is 11.4 Å². The van der Waals surface area contributed by atoms with Gasteiger partial charge >= 0.3 is 0 Å². The molecule has 0 atom stereocenters. The maximum Gasteiger partial charge on any atom is 0.238 e. The van der Waals surface area contributed by atoms with Crippen LogP contribution >= 0.6 is 0 Å². The number of aromatic nitrogens is 2. The standard InChI is InChI=1S/C37H49N7O3/c1-37(2,3)29-9-7-28(8-10-29)36-39-32-5-4-6-33(35(32)40-36)44-21-19-42(20-22-44)24-26-47-31-13-11-30(12-14-31)38-34(46)27-43-17-15-41(16-18-43)23-25-45/h4-14,45H,15-27H2,1-3H3,(H,38,46)(H,39,40). The first-order valence-corrected chi connectivity index (χ1v) is 16.9. The molecule has 2 fully saturated rings. The Hall–Kier alpha value is -3.96. The fraction of sp³-hybridized carbons (Fsp3) is 0.459. The van der Waals surface area contributed by atoms with Crippen LogP contribution in [0.3, 0.4) is 0 Å². The van der Waals surface area contributed by atoms with Gasteiger partial charge in [-0.3, -0.25) is 19.5 Å². The van der Waals surface area contributed by atoms with Crippen molar-refractivity contribution in [2.24, 2.45) is 0 Å². The summed E-state index contributed by atoms with van der Waals surface area (Å²) in [5.74, 6) is 1.70. The van der Waals surface area contributed by atoms with E-state index in [2.05, 4.69) is 93.1 Å². The van der Waals surface area contributed by atoms with Gasteiger partial charge in [0.15, 0.2) is 0 Å². The summed E-state index contributed by atoms with van der Waals surface area (Å²) in [7, 11) is 0. The smallest absolute Gasteiger partial charge is 0.238 e. The van der Waals surface area contributed by atoms with Crippen LogP contribution in [0.2, 0.25) is 0 Å². The van der Waals surface area contributed by atoms with Crippen molar-refractivity contribution in [2.45, 2.75) is 26.2 Å². The summed E-state index contributed by atoms with van der Waals surface area (Å²) in [4.78, 5) is 30.4. The lowest BCUT2D eigenvalue weighted by atomic mass is 9.87. The van der Waals surface area contributed by atoms with E-state index in [1.54, 1.807) is 0 Å². The Morgan fingerprint density at radius 3 is 2.19 bits per heavy atom. The normalized spacial score (nSPS) is 16.9. The SMILES string of the molecule is CC(C)(C)c1ccc(-c2nc3c(N4CCN(CCOc5ccc(NC(=O)CN6CCN(CCO)CC6)cc5)CC4)cccc3[nH]2)cc1. The molecule has 0 aliphatic carbocycles. The number of benzene rings is 3. The predicted molar refractivity (Wildman–Crippen MR) is 189 cm³/mol. The summed E-state index contributed by atoms with van der Waals surface area (Å²) in [5.41, 5.74) is 6.58. The second-order valence-electron chi connectivity index (χ2n) is 13.7. The Bertz CT molecular complexity index is 1600. The van der Waals surface area contributed by atoms with Gasteiger partial charge < -0.3 is 25.0 Å². The number of anilines is 2. The molecule has 3 aromatic carbocycles. The molecule has 10 heteroatoms. The fourth-order valence-corrected chi connectivity index (χ4v) is 6.39. The van der Waals surface area contributed by atoms with Gasteiger partial charge in [0.2, 0.25) is 5.91 Å². The Labute approximate surface area is 278 Å². The van der Waals surface area contributed by atoms with Crippen molar-refractivity contribution in [3.05, 3.63) is 72.3 Å². The number of piperazine rings is 2. The van der Waals surface area contributed by atoms with E-state index in [1.165, 1.54) is 11.3 Å². The molecular weight excluding hydrogens is 590 g/mol. The highest BCUT2D eigenvalue weighted by Crippen LogP contribution is 2.30. The van der Waals surface area contributed by atoms with Gasteiger partial charge in [0, 0.05) is 76.7 Å². The lowest BCUT2D eigenvalue weighted by Crippen LogP contribution is -2.49. The number of imidazole rings is 1. The zero-order valence-electron chi connectivity index (χ0n) is 28.0. The van der Waals surface area contributed by atoms with Crippen molar-refractivity contribution in [2.75, 3.05) is 95.4 Å². The molecule has 2 aliphatic heterocycles. The molecule has 0 unspecified atom stereocenters. The number of amides is 1. The van der Waals surface area contributed by atoms with Crippen LogP contribution in [0, 0.1) is 0 Å². The molecular formula is C37H49N7O3. The third-order valence-electron chi connectivity index (χ3n) is 9.29. The first-order chi connectivity index (χ1) is 22.7. The van der Waals surface area contributed by atoms with Gasteiger partial charge in [0.1, 0.15) is 23.7 Å². The van der Waals surface area contributed by atoms with E-state index in [-0.39, 0.29) is 17.9 Å². The monoisotopic (exact) mass is 639 g/mol. The van der Waals surface area contributed by atoms with Gasteiger partial charge in [-0.15, -0.1) is 0 Å². The fourth-order valence-electron chi connectivity index (χ4n) is 6.39. The molecule has 2 saturated heterocycles. The van der Waals surface area contributed by atoms with E-state index in [0.717, 1.165) is 92.8 Å². The number of nitrogens with one attached hydrogen (secondary N) is 2. The molecule has 1 amide bonds. The number of aliphatic hydroxyl groups excluding tert-OH is 1. The van der Waals surface area contributed by atoms with Crippen LogP contribution in [0.5, 0.6) is 5.75 Å². The number of hydrogen-bond acceptors (Lipinski definition) is 8. The number of ether oxygens (including phenoxy) is 1. The van der Waals surface area contributed by atoms with E-state index in [0.29, 0.717) is 19.7 Å². The minimum atomic E-state index is -0.0108. The Morgan fingerprint density at radius 2 is 1.51 bits per heavy atom.